The van der Waals surface area contributed by atoms with Crippen LogP contribution in [0.4, 0.5) is 0 Å². The molecular formula is C16H24N2O4. The lowest BCUT2D eigenvalue weighted by Crippen LogP contribution is -2.55. The van der Waals surface area contributed by atoms with Crippen molar-refractivity contribution in [1.82, 2.24) is 9.88 Å². The molecule has 0 aromatic carbocycles. The number of nitrogens with zero attached hydrogens (tertiary/aromatic N) is 2. The summed E-state index contributed by atoms with van der Waals surface area (Å²) in [6.45, 7) is 3.51. The number of carboxylic acids is 1. The molecule has 1 aliphatic rings. The molecule has 6 heteroatoms. The van der Waals surface area contributed by atoms with Crippen LogP contribution >= 0.6 is 0 Å². The lowest BCUT2D eigenvalue weighted by molar-refractivity contribution is -0.164. The fraction of sp³-hybridized carbons (Fsp3) is 0.625. The van der Waals surface area contributed by atoms with Crippen molar-refractivity contribution in [3.63, 3.8) is 0 Å². The Morgan fingerprint density at radius 3 is 3.00 bits per heavy atom. The Bertz CT molecular complexity index is 523. The van der Waals surface area contributed by atoms with Gasteiger partial charge in [-0.15, -0.1) is 0 Å². The highest BCUT2D eigenvalue weighted by atomic mass is 16.5. The van der Waals surface area contributed by atoms with Crippen LogP contribution in [0.5, 0.6) is 5.75 Å². The highest BCUT2D eigenvalue weighted by Crippen LogP contribution is 2.36. The standard InChI is InChI=1S/C16H24N2O4/c1-3-6-16(15(20)21)11-18(8-5-14(16)19)10-12-9-13(22-2)4-7-17-12/h4,7,9,14,19H,3,5-6,8,10-11H2,1-2H3,(H,20,21)/t14-,16+/m0/s1. The summed E-state index contributed by atoms with van der Waals surface area (Å²) in [5, 5.41) is 19.9. The fourth-order valence-electron chi connectivity index (χ4n) is 3.21. The van der Waals surface area contributed by atoms with Crippen molar-refractivity contribution >= 4 is 5.97 Å². The number of ether oxygens (including phenoxy) is 1. The lowest BCUT2D eigenvalue weighted by Gasteiger charge is -2.43. The van der Waals surface area contributed by atoms with E-state index in [0.717, 1.165) is 17.9 Å². The second-order valence-electron chi connectivity index (χ2n) is 5.91. The maximum absolute atomic E-state index is 11.8. The van der Waals surface area contributed by atoms with Crippen molar-refractivity contribution < 1.29 is 19.7 Å². The van der Waals surface area contributed by atoms with Crippen LogP contribution in [0.25, 0.3) is 0 Å². The number of hydrogen-bond acceptors (Lipinski definition) is 5. The van der Waals surface area contributed by atoms with E-state index in [9.17, 15) is 15.0 Å². The minimum atomic E-state index is -1.08. The summed E-state index contributed by atoms with van der Waals surface area (Å²) in [5.41, 5.74) is -0.238. The summed E-state index contributed by atoms with van der Waals surface area (Å²) in [6, 6.07) is 3.63. The molecule has 2 N–H and O–H groups in total. The van der Waals surface area contributed by atoms with Crippen LogP contribution in [0.1, 0.15) is 31.9 Å². The van der Waals surface area contributed by atoms with Gasteiger partial charge in [-0.3, -0.25) is 14.7 Å². The topological polar surface area (TPSA) is 82.9 Å². The van der Waals surface area contributed by atoms with Crippen LogP contribution in [0.15, 0.2) is 18.3 Å². The molecular weight excluding hydrogens is 284 g/mol. The molecule has 122 valence electrons. The van der Waals surface area contributed by atoms with E-state index in [2.05, 4.69) is 9.88 Å². The minimum absolute atomic E-state index is 0.343. The number of aliphatic hydroxyl groups excluding tert-OH is 1. The van der Waals surface area contributed by atoms with Crippen LogP contribution < -0.4 is 4.74 Å². The monoisotopic (exact) mass is 308 g/mol. The Hall–Kier alpha value is -1.66. The van der Waals surface area contributed by atoms with Crippen LogP contribution in [0.2, 0.25) is 0 Å². The van der Waals surface area contributed by atoms with E-state index >= 15 is 0 Å². The molecule has 0 unspecified atom stereocenters. The quantitative estimate of drug-likeness (QED) is 0.829. The number of aliphatic hydroxyl groups is 1. The normalized spacial score (nSPS) is 25.9. The number of carbonyl (C=O) groups is 1. The maximum atomic E-state index is 11.8. The van der Waals surface area contributed by atoms with Crippen molar-refractivity contribution in [3.8, 4) is 5.75 Å². The minimum Gasteiger partial charge on any atom is -0.497 e. The highest BCUT2D eigenvalue weighted by Gasteiger charge is 2.48. The van der Waals surface area contributed by atoms with Crippen molar-refractivity contribution in [3.05, 3.63) is 24.0 Å². The summed E-state index contributed by atoms with van der Waals surface area (Å²) >= 11 is 0. The van der Waals surface area contributed by atoms with Gasteiger partial charge in [0.2, 0.25) is 0 Å². The number of piperidine rings is 1. The summed E-state index contributed by atoms with van der Waals surface area (Å²) < 4.78 is 5.19. The van der Waals surface area contributed by atoms with Gasteiger partial charge in [0.1, 0.15) is 11.2 Å². The predicted molar refractivity (Wildman–Crippen MR) is 81.7 cm³/mol. The first-order valence-electron chi connectivity index (χ1n) is 7.64. The maximum Gasteiger partial charge on any atom is 0.313 e. The van der Waals surface area contributed by atoms with E-state index in [4.69, 9.17) is 4.74 Å². The van der Waals surface area contributed by atoms with Crippen LogP contribution in [0.3, 0.4) is 0 Å². The van der Waals surface area contributed by atoms with Crippen LogP contribution in [-0.2, 0) is 11.3 Å². The van der Waals surface area contributed by atoms with Gasteiger partial charge >= 0.3 is 5.97 Å². The first-order chi connectivity index (χ1) is 10.5. The largest absolute Gasteiger partial charge is 0.497 e. The van der Waals surface area contributed by atoms with E-state index in [0.29, 0.717) is 32.5 Å². The van der Waals surface area contributed by atoms with Gasteiger partial charge < -0.3 is 14.9 Å². The molecule has 0 radical (unpaired) electrons. The van der Waals surface area contributed by atoms with Gasteiger partial charge in [0.15, 0.2) is 0 Å². The molecule has 6 nitrogen and oxygen atoms in total. The predicted octanol–water partition coefficient (Wildman–Crippen LogP) is 1.53. The Kier molecular flexibility index (Phi) is 5.37. The molecule has 0 bridgehead atoms. The zero-order chi connectivity index (χ0) is 16.2. The molecule has 0 saturated carbocycles. The molecule has 0 amide bonds. The molecule has 1 aliphatic heterocycles. The molecule has 1 fully saturated rings. The fourth-order valence-corrected chi connectivity index (χ4v) is 3.21. The van der Waals surface area contributed by atoms with Gasteiger partial charge in [-0.05, 0) is 18.9 Å². The summed E-state index contributed by atoms with van der Waals surface area (Å²) in [7, 11) is 1.60. The van der Waals surface area contributed by atoms with E-state index in [1.807, 2.05) is 13.0 Å². The number of methoxy groups -OCH3 is 1. The Balaban J connectivity index is 2.14. The Morgan fingerprint density at radius 1 is 1.59 bits per heavy atom. The van der Waals surface area contributed by atoms with Gasteiger partial charge in [-0.2, -0.15) is 0 Å². The first-order valence-corrected chi connectivity index (χ1v) is 7.64. The number of rotatable bonds is 6. The van der Waals surface area contributed by atoms with Crippen molar-refractivity contribution in [2.75, 3.05) is 20.2 Å². The lowest BCUT2D eigenvalue weighted by atomic mass is 9.74. The zero-order valence-corrected chi connectivity index (χ0v) is 13.2. The summed E-state index contributed by atoms with van der Waals surface area (Å²) in [4.78, 5) is 18.1. The molecule has 22 heavy (non-hydrogen) atoms. The average molecular weight is 308 g/mol. The van der Waals surface area contributed by atoms with Gasteiger partial charge in [0.05, 0.1) is 18.9 Å². The molecule has 2 heterocycles. The third-order valence-corrected chi connectivity index (χ3v) is 4.39. The second kappa shape index (κ2) is 7.07. The van der Waals surface area contributed by atoms with Crippen LogP contribution in [-0.4, -0.2) is 52.4 Å². The van der Waals surface area contributed by atoms with Gasteiger partial charge in [-0.25, -0.2) is 0 Å². The highest BCUT2D eigenvalue weighted by molar-refractivity contribution is 5.76. The Labute approximate surface area is 130 Å². The molecule has 0 aliphatic carbocycles. The van der Waals surface area contributed by atoms with Crippen LogP contribution in [0, 0.1) is 5.41 Å². The van der Waals surface area contributed by atoms with E-state index in [1.54, 1.807) is 19.4 Å². The summed E-state index contributed by atoms with van der Waals surface area (Å²) in [6.07, 6.45) is 2.57. The number of pyridine rings is 1. The van der Waals surface area contributed by atoms with Gasteiger partial charge in [0.25, 0.3) is 0 Å². The van der Waals surface area contributed by atoms with E-state index < -0.39 is 17.5 Å². The SMILES string of the molecule is CCC[C@@]1(C(=O)O)CN(Cc2cc(OC)ccn2)CC[C@@H]1O. The molecule has 2 rings (SSSR count). The average Bonchev–Trinajstić information content (AvgIpc) is 2.51. The molecule has 1 aromatic heterocycles. The number of likely N-dealkylation sites (tertiary alicyclic amines) is 1. The van der Waals surface area contributed by atoms with Crippen molar-refractivity contribution in [2.24, 2.45) is 5.41 Å². The third kappa shape index (κ3) is 3.39. The number of aromatic nitrogens is 1. The number of carboxylic acid groups (broad SMARTS) is 1. The van der Waals surface area contributed by atoms with Crippen molar-refractivity contribution in [1.29, 1.82) is 0 Å². The molecule has 1 saturated heterocycles. The van der Waals surface area contributed by atoms with E-state index in [1.165, 1.54) is 0 Å². The smallest absolute Gasteiger partial charge is 0.313 e. The molecule has 2 atom stereocenters. The second-order valence-corrected chi connectivity index (χ2v) is 5.91. The Morgan fingerprint density at radius 2 is 2.36 bits per heavy atom. The van der Waals surface area contributed by atoms with Gasteiger partial charge in [0, 0.05) is 31.9 Å². The summed E-state index contributed by atoms with van der Waals surface area (Å²) in [5.74, 6) is -0.176. The van der Waals surface area contributed by atoms with E-state index in [-0.39, 0.29) is 0 Å². The number of aliphatic carboxylic acids is 1. The number of hydrogen-bond donors (Lipinski definition) is 2. The molecule has 1 aromatic rings. The molecule has 0 spiro atoms. The first kappa shape index (κ1) is 16.7. The third-order valence-electron chi connectivity index (χ3n) is 4.39. The zero-order valence-electron chi connectivity index (χ0n) is 13.2. The van der Waals surface area contributed by atoms with Crippen molar-refractivity contribution in [2.45, 2.75) is 38.8 Å². The van der Waals surface area contributed by atoms with Gasteiger partial charge in [-0.1, -0.05) is 13.3 Å².